The van der Waals surface area contributed by atoms with Crippen LogP contribution in [0.5, 0.6) is 0 Å². The maximum Gasteiger partial charge on any atom is 0.272 e. The third-order valence-corrected chi connectivity index (χ3v) is 5.59. The van der Waals surface area contributed by atoms with Crippen LogP contribution in [0.2, 0.25) is 0 Å². The molecule has 0 spiro atoms. The summed E-state index contributed by atoms with van der Waals surface area (Å²) in [5.41, 5.74) is 1.44. The summed E-state index contributed by atoms with van der Waals surface area (Å²) in [4.78, 5) is 25.3. The maximum absolute atomic E-state index is 12.8. The van der Waals surface area contributed by atoms with Crippen molar-refractivity contribution in [2.45, 2.75) is 36.1 Å². The van der Waals surface area contributed by atoms with Gasteiger partial charge in [0.15, 0.2) is 0 Å². The van der Waals surface area contributed by atoms with Gasteiger partial charge in [-0.25, -0.2) is 0 Å². The zero-order chi connectivity index (χ0) is 21.0. The summed E-state index contributed by atoms with van der Waals surface area (Å²) < 4.78 is 2.34. The second-order valence-corrected chi connectivity index (χ2v) is 8.50. The molecule has 0 bridgehead atoms. The molecule has 150 valence electrons. The fourth-order valence-electron chi connectivity index (χ4n) is 2.77. The number of nitrogens with one attached hydrogen (secondary N) is 1. The highest BCUT2D eigenvalue weighted by Gasteiger charge is 2.21. The largest absolute Gasteiger partial charge is 0.324 e. The zero-order valence-corrected chi connectivity index (χ0v) is 18.2. The van der Waals surface area contributed by atoms with Crippen molar-refractivity contribution in [3.63, 3.8) is 0 Å². The average Bonchev–Trinajstić information content (AvgIpc) is 3.10. The van der Waals surface area contributed by atoms with Crippen molar-refractivity contribution < 1.29 is 9.72 Å². The van der Waals surface area contributed by atoms with Crippen LogP contribution in [0.1, 0.15) is 24.9 Å². The minimum Gasteiger partial charge on any atom is -0.324 e. The Morgan fingerprint density at radius 1 is 1.28 bits per heavy atom. The highest BCUT2D eigenvalue weighted by atomic mass is 79.9. The van der Waals surface area contributed by atoms with Crippen molar-refractivity contribution >= 4 is 45.0 Å². The number of carbonyl (C=O) groups excluding carboxylic acids is 1. The van der Waals surface area contributed by atoms with Crippen molar-refractivity contribution in [1.82, 2.24) is 9.78 Å². The summed E-state index contributed by atoms with van der Waals surface area (Å²) in [5.74, 6) is -0.283. The molecule has 0 fully saturated rings. The van der Waals surface area contributed by atoms with Crippen LogP contribution in [0.25, 0.3) is 0 Å². The number of benzene rings is 2. The molecule has 1 unspecified atom stereocenters. The van der Waals surface area contributed by atoms with Crippen LogP contribution >= 0.6 is 27.7 Å². The number of rotatable bonds is 7. The summed E-state index contributed by atoms with van der Waals surface area (Å²) >= 11 is 4.73. The van der Waals surface area contributed by atoms with Crippen LogP contribution in [0, 0.1) is 17.0 Å². The van der Waals surface area contributed by atoms with Gasteiger partial charge in [-0.15, -0.1) is 0 Å². The molecule has 1 heterocycles. The van der Waals surface area contributed by atoms with E-state index < -0.39 is 11.0 Å². The number of hydrogen-bond acceptors (Lipinski definition) is 5. The number of carbonyl (C=O) groups is 1. The maximum atomic E-state index is 12.8. The van der Waals surface area contributed by atoms with Crippen LogP contribution in [-0.4, -0.2) is 20.6 Å². The van der Waals surface area contributed by atoms with E-state index in [1.165, 1.54) is 23.9 Å². The first-order valence-electron chi connectivity index (χ1n) is 8.90. The zero-order valence-electron chi connectivity index (χ0n) is 15.8. The molecular formula is C20H19BrN4O3S. The molecule has 0 saturated carbocycles. The van der Waals surface area contributed by atoms with Gasteiger partial charge < -0.3 is 5.32 Å². The number of aromatic nitrogens is 2. The van der Waals surface area contributed by atoms with E-state index in [4.69, 9.17) is 0 Å². The molecule has 1 aromatic heterocycles. The SMILES string of the molecule is CCC(C(=O)Nc1cc(Sc2ccc(C)cc2)cc([N+](=O)[O-])c1)n1cc(Br)cn1. The Kier molecular flexibility index (Phi) is 6.71. The van der Waals surface area contributed by atoms with Crippen LogP contribution in [0.3, 0.4) is 0 Å². The highest BCUT2D eigenvalue weighted by Crippen LogP contribution is 2.33. The van der Waals surface area contributed by atoms with Gasteiger partial charge in [0.25, 0.3) is 5.69 Å². The first-order chi connectivity index (χ1) is 13.9. The van der Waals surface area contributed by atoms with Gasteiger partial charge in [0, 0.05) is 33.8 Å². The van der Waals surface area contributed by atoms with Crippen molar-refractivity contribution in [2.75, 3.05) is 5.32 Å². The standard InChI is InChI=1S/C20H19BrN4O3S/c1-3-19(24-12-14(21)11-22-24)20(26)23-15-8-16(25(27)28)10-18(9-15)29-17-6-4-13(2)5-7-17/h4-12,19H,3H2,1-2H3,(H,23,26). The number of aryl methyl sites for hydroxylation is 1. The van der Waals surface area contributed by atoms with E-state index in [2.05, 4.69) is 26.3 Å². The molecule has 1 N–H and O–H groups in total. The minimum atomic E-state index is -0.520. The molecule has 2 aromatic carbocycles. The van der Waals surface area contributed by atoms with E-state index >= 15 is 0 Å². The highest BCUT2D eigenvalue weighted by molar-refractivity contribution is 9.10. The van der Waals surface area contributed by atoms with Gasteiger partial charge in [-0.3, -0.25) is 19.6 Å². The Labute approximate surface area is 180 Å². The van der Waals surface area contributed by atoms with E-state index in [0.29, 0.717) is 17.0 Å². The molecular weight excluding hydrogens is 456 g/mol. The molecule has 0 aliphatic heterocycles. The number of nitro benzene ring substituents is 1. The fourth-order valence-corrected chi connectivity index (χ4v) is 3.98. The summed E-state index contributed by atoms with van der Waals surface area (Å²) in [6, 6.07) is 12.0. The van der Waals surface area contributed by atoms with E-state index in [9.17, 15) is 14.9 Å². The molecule has 7 nitrogen and oxygen atoms in total. The molecule has 1 atom stereocenters. The van der Waals surface area contributed by atoms with Gasteiger partial charge in [0.05, 0.1) is 15.6 Å². The van der Waals surface area contributed by atoms with Gasteiger partial charge >= 0.3 is 0 Å². The quantitative estimate of drug-likeness (QED) is 0.355. The number of hydrogen-bond donors (Lipinski definition) is 1. The van der Waals surface area contributed by atoms with E-state index in [-0.39, 0.29) is 11.6 Å². The Bertz CT molecular complexity index is 1040. The van der Waals surface area contributed by atoms with Crippen LogP contribution in [0.4, 0.5) is 11.4 Å². The van der Waals surface area contributed by atoms with Crippen LogP contribution < -0.4 is 5.32 Å². The number of nitro groups is 1. The fraction of sp³-hybridized carbons (Fsp3) is 0.200. The Balaban J connectivity index is 1.85. The van der Waals surface area contributed by atoms with E-state index in [1.807, 2.05) is 38.1 Å². The Morgan fingerprint density at radius 2 is 2.00 bits per heavy atom. The molecule has 3 rings (SSSR count). The average molecular weight is 475 g/mol. The van der Waals surface area contributed by atoms with Gasteiger partial charge in [0.1, 0.15) is 6.04 Å². The Morgan fingerprint density at radius 3 is 2.59 bits per heavy atom. The van der Waals surface area contributed by atoms with Gasteiger partial charge in [-0.2, -0.15) is 5.10 Å². The number of nitrogens with zero attached hydrogens (tertiary/aromatic N) is 3. The lowest BCUT2D eigenvalue weighted by Crippen LogP contribution is -2.26. The molecule has 3 aromatic rings. The van der Waals surface area contributed by atoms with Gasteiger partial charge in [-0.1, -0.05) is 36.4 Å². The first kappa shape index (κ1) is 21.1. The summed E-state index contributed by atoms with van der Waals surface area (Å²) in [5, 5.41) is 18.3. The molecule has 29 heavy (non-hydrogen) atoms. The monoisotopic (exact) mass is 474 g/mol. The third-order valence-electron chi connectivity index (χ3n) is 4.21. The third kappa shape index (κ3) is 5.45. The van der Waals surface area contributed by atoms with E-state index in [0.717, 1.165) is 14.9 Å². The predicted octanol–water partition coefficient (Wildman–Crippen LogP) is 5.60. The molecule has 0 saturated heterocycles. The van der Waals surface area contributed by atoms with Crippen molar-refractivity contribution in [1.29, 1.82) is 0 Å². The lowest BCUT2D eigenvalue weighted by Gasteiger charge is -2.16. The second kappa shape index (κ2) is 9.23. The number of anilines is 1. The molecule has 0 aliphatic carbocycles. The summed E-state index contributed by atoms with van der Waals surface area (Å²) in [6.07, 6.45) is 3.86. The minimum absolute atomic E-state index is 0.0766. The lowest BCUT2D eigenvalue weighted by molar-refractivity contribution is -0.385. The van der Waals surface area contributed by atoms with Crippen LogP contribution in [0.15, 0.2) is 69.1 Å². The topological polar surface area (TPSA) is 90.1 Å². The smallest absolute Gasteiger partial charge is 0.272 e. The van der Waals surface area contributed by atoms with Crippen molar-refractivity contribution in [3.05, 3.63) is 75.0 Å². The second-order valence-electron chi connectivity index (χ2n) is 6.44. The first-order valence-corrected chi connectivity index (χ1v) is 10.5. The molecule has 1 amide bonds. The van der Waals surface area contributed by atoms with Gasteiger partial charge in [-0.05, 0) is 47.5 Å². The number of halogens is 1. The number of non-ortho nitro benzene ring substituents is 1. The van der Waals surface area contributed by atoms with Crippen molar-refractivity contribution in [2.24, 2.45) is 0 Å². The molecule has 0 radical (unpaired) electrons. The normalized spacial score (nSPS) is 11.8. The summed E-state index contributed by atoms with van der Waals surface area (Å²) in [7, 11) is 0. The number of amides is 1. The van der Waals surface area contributed by atoms with Gasteiger partial charge in [0.2, 0.25) is 5.91 Å². The molecule has 0 aliphatic rings. The predicted molar refractivity (Wildman–Crippen MR) is 116 cm³/mol. The van der Waals surface area contributed by atoms with E-state index in [1.54, 1.807) is 23.1 Å². The van der Waals surface area contributed by atoms with Crippen molar-refractivity contribution in [3.8, 4) is 0 Å². The molecule has 9 heteroatoms. The lowest BCUT2D eigenvalue weighted by atomic mass is 10.2. The Hall–Kier alpha value is -2.65. The summed E-state index contributed by atoms with van der Waals surface area (Å²) in [6.45, 7) is 3.88. The van der Waals surface area contributed by atoms with Crippen LogP contribution in [-0.2, 0) is 4.79 Å².